The van der Waals surface area contributed by atoms with Crippen LogP contribution in [0.5, 0.6) is 0 Å². The molecule has 222 valence electrons. The molecular formula is C23H39Cl3N2O10. The Balaban J connectivity index is 3.21. The highest BCUT2D eigenvalue weighted by molar-refractivity contribution is 6.67. The number of nitrogens with one attached hydrogen (secondary N) is 1. The number of amides is 1. The van der Waals surface area contributed by atoms with Crippen molar-refractivity contribution in [2.75, 3.05) is 47.5 Å². The Labute approximate surface area is 238 Å². The summed E-state index contributed by atoms with van der Waals surface area (Å²) in [6.07, 6.45) is -2.64. The van der Waals surface area contributed by atoms with E-state index in [1.54, 1.807) is 46.4 Å². The van der Waals surface area contributed by atoms with Crippen molar-refractivity contribution in [2.24, 2.45) is 0 Å². The molecule has 0 aliphatic carbocycles. The number of alkyl halides is 3. The minimum Gasteiger partial charge on any atom is -0.459 e. The summed E-state index contributed by atoms with van der Waals surface area (Å²) in [6, 6.07) is -2.21. The van der Waals surface area contributed by atoms with Crippen LogP contribution in [0.4, 0.5) is 4.79 Å². The van der Waals surface area contributed by atoms with Crippen LogP contribution in [0, 0.1) is 0 Å². The van der Waals surface area contributed by atoms with Gasteiger partial charge in [0.05, 0.1) is 6.10 Å². The van der Waals surface area contributed by atoms with Crippen molar-refractivity contribution >= 4 is 52.8 Å². The number of carbonyl (C=O) groups excluding carboxylic acids is 3. The van der Waals surface area contributed by atoms with E-state index >= 15 is 0 Å². The van der Waals surface area contributed by atoms with E-state index in [0.717, 1.165) is 0 Å². The number of ether oxygens (including phenoxy) is 7. The average Bonchev–Trinajstić information content (AvgIpc) is 2.71. The van der Waals surface area contributed by atoms with Crippen molar-refractivity contribution < 1.29 is 47.5 Å². The van der Waals surface area contributed by atoms with Crippen molar-refractivity contribution in [1.82, 2.24) is 10.2 Å². The predicted octanol–water partition coefficient (Wildman–Crippen LogP) is 2.80. The van der Waals surface area contributed by atoms with Crippen LogP contribution in [0.1, 0.15) is 41.5 Å². The highest BCUT2D eigenvalue weighted by Gasteiger charge is 2.49. The van der Waals surface area contributed by atoms with Crippen molar-refractivity contribution in [3.05, 3.63) is 0 Å². The monoisotopic (exact) mass is 608 g/mol. The maximum Gasteiger partial charge on any atom is 0.408 e. The van der Waals surface area contributed by atoms with Gasteiger partial charge in [0.1, 0.15) is 43.5 Å². The van der Waals surface area contributed by atoms with Crippen LogP contribution in [-0.4, -0.2) is 110 Å². The number of hydrogen-bond donors (Lipinski definition) is 1. The molecule has 1 aliphatic heterocycles. The van der Waals surface area contributed by atoms with E-state index < -0.39 is 63.9 Å². The smallest absolute Gasteiger partial charge is 0.408 e. The van der Waals surface area contributed by atoms with E-state index in [1.165, 1.54) is 14.2 Å². The number of carbonyl (C=O) groups is 3. The quantitative estimate of drug-likeness (QED) is 0.143. The van der Waals surface area contributed by atoms with Crippen molar-refractivity contribution in [2.45, 2.75) is 80.8 Å². The van der Waals surface area contributed by atoms with Gasteiger partial charge in [-0.3, -0.25) is 9.69 Å². The number of rotatable bonds is 13. The number of alkyl carbamates (subject to hydrolysis) is 1. The molecule has 4 atom stereocenters. The van der Waals surface area contributed by atoms with Crippen LogP contribution >= 0.6 is 34.8 Å². The molecule has 0 saturated carbocycles. The minimum absolute atomic E-state index is 0.0191. The first-order valence-electron chi connectivity index (χ1n) is 11.8. The zero-order valence-electron chi connectivity index (χ0n) is 23.0. The minimum atomic E-state index is -1.86. The van der Waals surface area contributed by atoms with E-state index in [1.807, 2.05) is 0 Å². The summed E-state index contributed by atoms with van der Waals surface area (Å²) in [7, 11) is 2.86. The maximum atomic E-state index is 13.2. The number of hydrogen-bond acceptors (Lipinski definition) is 11. The summed E-state index contributed by atoms with van der Waals surface area (Å²) in [6.45, 7) is 9.67. The first-order valence-corrected chi connectivity index (χ1v) is 12.9. The Kier molecular flexibility index (Phi) is 13.8. The highest BCUT2D eigenvalue weighted by atomic mass is 35.6. The van der Waals surface area contributed by atoms with Gasteiger partial charge in [0.2, 0.25) is 3.79 Å². The van der Waals surface area contributed by atoms with E-state index in [0.29, 0.717) is 6.54 Å². The van der Waals surface area contributed by atoms with Crippen LogP contribution in [0.2, 0.25) is 0 Å². The number of methoxy groups -OCH3 is 2. The molecule has 0 aromatic carbocycles. The molecule has 15 heteroatoms. The van der Waals surface area contributed by atoms with E-state index in [9.17, 15) is 14.4 Å². The molecule has 1 aliphatic rings. The molecule has 1 fully saturated rings. The van der Waals surface area contributed by atoms with Crippen molar-refractivity contribution in [3.8, 4) is 0 Å². The lowest BCUT2D eigenvalue weighted by atomic mass is 9.96. The summed E-state index contributed by atoms with van der Waals surface area (Å²) in [5.74, 6) is -1.34. The van der Waals surface area contributed by atoms with Gasteiger partial charge in [-0.1, -0.05) is 34.8 Å². The second kappa shape index (κ2) is 15.0. The Bertz CT molecular complexity index is 783. The largest absolute Gasteiger partial charge is 0.459 e. The fraction of sp³-hybridized carbons (Fsp3) is 0.870. The van der Waals surface area contributed by atoms with Gasteiger partial charge in [0.25, 0.3) is 0 Å². The SMILES string of the molecule is COCO[C@@H](CN1C[C@H](OCOC)[C@H]1C(=O)OC(C)(C)C)[C@H](NC(=O)OCC(Cl)(Cl)Cl)C(=O)OC(C)(C)C. The highest BCUT2D eigenvalue weighted by Crippen LogP contribution is 2.27. The summed E-state index contributed by atoms with van der Waals surface area (Å²) < 4.78 is 35.5. The molecule has 38 heavy (non-hydrogen) atoms. The van der Waals surface area contributed by atoms with Gasteiger partial charge in [-0.2, -0.15) is 0 Å². The Morgan fingerprint density at radius 2 is 1.53 bits per heavy atom. The number of nitrogens with zero attached hydrogens (tertiary/aromatic N) is 1. The van der Waals surface area contributed by atoms with Crippen LogP contribution < -0.4 is 5.32 Å². The molecule has 0 aromatic heterocycles. The lowest BCUT2D eigenvalue weighted by molar-refractivity contribution is -0.201. The standard InChI is InChI=1S/C23H39Cl3N2O10/c1-21(2,3)37-18(29)16(27-20(31)34-11-23(24,25)26)14(35-12-32-7)9-28-10-15(36-13-33-8)17(28)19(30)38-22(4,5)6/h14-17H,9-13H2,1-8H3,(H,27,31)/t14-,15-,16-,17-/m0/s1. The molecule has 1 N–H and O–H groups in total. The summed E-state index contributed by atoms with van der Waals surface area (Å²) in [4.78, 5) is 40.3. The van der Waals surface area contributed by atoms with Gasteiger partial charge in [-0.25, -0.2) is 9.59 Å². The lowest BCUT2D eigenvalue weighted by Crippen LogP contribution is -2.68. The molecule has 1 amide bonds. The third-order valence-electron chi connectivity index (χ3n) is 4.70. The fourth-order valence-electron chi connectivity index (χ4n) is 3.32. The molecule has 0 bridgehead atoms. The fourth-order valence-corrected chi connectivity index (χ4v) is 3.48. The summed E-state index contributed by atoms with van der Waals surface area (Å²) in [5, 5.41) is 2.42. The third-order valence-corrected chi connectivity index (χ3v) is 5.02. The number of halogens is 3. The Morgan fingerprint density at radius 1 is 0.947 bits per heavy atom. The second-order valence-corrected chi connectivity index (χ2v) is 13.0. The first-order chi connectivity index (χ1) is 17.4. The average molecular weight is 610 g/mol. The van der Waals surface area contributed by atoms with E-state index in [2.05, 4.69) is 5.32 Å². The molecule has 1 saturated heterocycles. The molecule has 0 radical (unpaired) electrons. The molecule has 0 aromatic rings. The zero-order valence-corrected chi connectivity index (χ0v) is 25.3. The topological polar surface area (TPSA) is 131 Å². The Hall–Kier alpha value is -1.12. The van der Waals surface area contributed by atoms with Crippen LogP contribution in [0.25, 0.3) is 0 Å². The lowest BCUT2D eigenvalue weighted by Gasteiger charge is -2.47. The number of likely N-dealkylation sites (tertiary alicyclic amines) is 1. The third kappa shape index (κ3) is 13.3. The van der Waals surface area contributed by atoms with Gasteiger partial charge in [-0.15, -0.1) is 0 Å². The number of esters is 2. The summed E-state index contributed by atoms with van der Waals surface area (Å²) >= 11 is 17.0. The van der Waals surface area contributed by atoms with Crippen LogP contribution in [0.15, 0.2) is 0 Å². The molecular weight excluding hydrogens is 571 g/mol. The van der Waals surface area contributed by atoms with Crippen molar-refractivity contribution in [3.63, 3.8) is 0 Å². The van der Waals surface area contributed by atoms with Gasteiger partial charge in [0.15, 0.2) is 6.04 Å². The van der Waals surface area contributed by atoms with Gasteiger partial charge >= 0.3 is 18.0 Å². The van der Waals surface area contributed by atoms with Gasteiger partial charge in [-0.05, 0) is 41.5 Å². The molecule has 0 unspecified atom stereocenters. The first kappa shape index (κ1) is 34.9. The maximum absolute atomic E-state index is 13.2. The van der Waals surface area contributed by atoms with Gasteiger partial charge < -0.3 is 38.5 Å². The summed E-state index contributed by atoms with van der Waals surface area (Å²) in [5.41, 5.74) is -1.64. The molecule has 12 nitrogen and oxygen atoms in total. The predicted molar refractivity (Wildman–Crippen MR) is 139 cm³/mol. The van der Waals surface area contributed by atoms with Crippen LogP contribution in [0.3, 0.4) is 0 Å². The second-order valence-electron chi connectivity index (χ2n) is 10.5. The Morgan fingerprint density at radius 3 is 2.03 bits per heavy atom. The van der Waals surface area contributed by atoms with Gasteiger partial charge in [0, 0.05) is 27.3 Å². The van der Waals surface area contributed by atoms with Crippen LogP contribution in [-0.2, 0) is 42.7 Å². The van der Waals surface area contributed by atoms with E-state index in [4.69, 9.17) is 68.0 Å². The molecule has 0 spiro atoms. The van der Waals surface area contributed by atoms with E-state index in [-0.39, 0.29) is 20.1 Å². The molecule has 1 heterocycles. The molecule has 1 rings (SSSR count). The normalized spacial score (nSPS) is 20.2. The van der Waals surface area contributed by atoms with Crippen molar-refractivity contribution in [1.29, 1.82) is 0 Å². The zero-order chi connectivity index (χ0) is 29.3.